The first-order valence-electron chi connectivity index (χ1n) is 38.2. The molecule has 93 heavy (non-hydrogen) atoms. The maximum absolute atomic E-state index is 13.0. The predicted molar refractivity (Wildman–Crippen MR) is 377 cm³/mol. The highest BCUT2D eigenvalue weighted by Gasteiger charge is 2.30. The molecule has 552 valence electrons. The van der Waals surface area contributed by atoms with Crippen molar-refractivity contribution in [3.05, 3.63) is 0 Å². The molecule has 0 aromatic rings. The van der Waals surface area contributed by atoms with Crippen LogP contribution in [0.4, 0.5) is 0 Å². The molecule has 0 aliphatic rings. The van der Waals surface area contributed by atoms with Crippen LogP contribution in [0.15, 0.2) is 0 Å². The molecule has 19 heteroatoms. The molecule has 0 heterocycles. The van der Waals surface area contributed by atoms with Crippen molar-refractivity contribution in [1.82, 2.24) is 0 Å². The molecule has 6 atom stereocenters. The Labute approximate surface area is 568 Å². The van der Waals surface area contributed by atoms with Crippen molar-refractivity contribution < 1.29 is 80.2 Å². The summed E-state index contributed by atoms with van der Waals surface area (Å²) < 4.78 is 68.4. The Morgan fingerprint density at radius 3 is 0.763 bits per heavy atom. The second-order valence-corrected chi connectivity index (χ2v) is 31.3. The molecule has 0 saturated carbocycles. The fraction of sp³-hybridized carbons (Fsp3) is 0.946. The van der Waals surface area contributed by atoms with Crippen molar-refractivity contribution in [2.75, 3.05) is 39.6 Å². The normalized spacial score (nSPS) is 14.5. The van der Waals surface area contributed by atoms with Crippen molar-refractivity contribution in [3.63, 3.8) is 0 Å². The van der Waals surface area contributed by atoms with Crippen LogP contribution in [0.2, 0.25) is 0 Å². The van der Waals surface area contributed by atoms with Gasteiger partial charge in [-0.05, 0) is 49.4 Å². The Bertz CT molecular complexity index is 1840. The highest BCUT2D eigenvalue weighted by Crippen LogP contribution is 2.45. The number of carbonyl (C=O) groups excluding carboxylic acids is 4. The van der Waals surface area contributed by atoms with E-state index in [4.69, 9.17) is 37.0 Å². The lowest BCUT2D eigenvalue weighted by Crippen LogP contribution is -2.30. The first kappa shape index (κ1) is 91.1. The van der Waals surface area contributed by atoms with Gasteiger partial charge in [0.25, 0.3) is 0 Å². The number of phosphoric acid groups is 2. The summed E-state index contributed by atoms with van der Waals surface area (Å²) in [4.78, 5) is 72.6. The Hall–Kier alpha value is -1.94. The van der Waals surface area contributed by atoms with Crippen LogP contribution < -0.4 is 0 Å². The standard InChI is InChI=1S/C74H144O17P2/c1-9-67(8)53-45-37-28-22-18-14-10-11-15-19-23-29-38-46-54-71(76)84-61-70(91-74(79)57-49-41-33-32-36-44-52-66(6)7)63-89-93(82,83)87-59-68(75)58-86-92(80,81)88-62-69(60-85-72(77)55-47-39-31-25-27-35-43-51-65(4)5)90-73(78)56-48-40-30-24-20-16-12-13-17-21-26-34-42-50-64(2)3/h64-70,75H,9-63H2,1-8H3,(H,80,81)(H,82,83)/t67?,68?,69-,70-/m1/s1. The molecule has 17 nitrogen and oxygen atoms in total. The Morgan fingerprint density at radius 1 is 0.301 bits per heavy atom. The van der Waals surface area contributed by atoms with E-state index in [0.717, 1.165) is 108 Å². The smallest absolute Gasteiger partial charge is 0.462 e. The molecule has 0 amide bonds. The third-order valence-electron chi connectivity index (χ3n) is 17.4. The van der Waals surface area contributed by atoms with Gasteiger partial charge >= 0.3 is 39.5 Å². The first-order valence-corrected chi connectivity index (χ1v) is 41.2. The number of aliphatic hydroxyl groups excluding tert-OH is 1. The molecule has 0 fully saturated rings. The number of hydrogen-bond acceptors (Lipinski definition) is 15. The van der Waals surface area contributed by atoms with E-state index in [0.29, 0.717) is 37.5 Å². The summed E-state index contributed by atoms with van der Waals surface area (Å²) in [6, 6.07) is 0. The van der Waals surface area contributed by atoms with E-state index in [-0.39, 0.29) is 25.7 Å². The molecular weight excluding hydrogens is 1220 g/mol. The van der Waals surface area contributed by atoms with Crippen LogP contribution in [0, 0.1) is 23.7 Å². The minimum absolute atomic E-state index is 0.102. The summed E-state index contributed by atoms with van der Waals surface area (Å²) in [5.74, 6) is 0.882. The van der Waals surface area contributed by atoms with Gasteiger partial charge in [0.1, 0.15) is 19.3 Å². The monoisotopic (exact) mass is 1370 g/mol. The van der Waals surface area contributed by atoms with E-state index in [1.165, 1.54) is 167 Å². The number of aliphatic hydroxyl groups is 1. The van der Waals surface area contributed by atoms with E-state index in [9.17, 15) is 43.2 Å². The van der Waals surface area contributed by atoms with Gasteiger partial charge in [-0.15, -0.1) is 0 Å². The summed E-state index contributed by atoms with van der Waals surface area (Å²) in [5.41, 5.74) is 0. The molecule has 0 aliphatic heterocycles. The second-order valence-electron chi connectivity index (χ2n) is 28.4. The van der Waals surface area contributed by atoms with Crippen LogP contribution in [0.5, 0.6) is 0 Å². The van der Waals surface area contributed by atoms with Gasteiger partial charge in [-0.3, -0.25) is 37.3 Å². The number of carbonyl (C=O) groups is 4. The highest BCUT2D eigenvalue weighted by atomic mass is 31.2. The molecule has 0 aromatic heterocycles. The average molecular weight is 1370 g/mol. The third-order valence-corrected chi connectivity index (χ3v) is 19.3. The van der Waals surface area contributed by atoms with Crippen LogP contribution in [0.25, 0.3) is 0 Å². The fourth-order valence-electron chi connectivity index (χ4n) is 11.2. The zero-order valence-electron chi connectivity index (χ0n) is 60.9. The summed E-state index contributed by atoms with van der Waals surface area (Å²) in [7, 11) is -9.91. The van der Waals surface area contributed by atoms with Crippen LogP contribution in [0.3, 0.4) is 0 Å². The molecule has 3 N–H and O–H groups in total. The number of rotatable bonds is 71. The SMILES string of the molecule is CCC(C)CCCCCCCCCCCCCCCCC(=O)OC[C@H](COP(=O)(O)OCC(O)COP(=O)(O)OC[C@@H](COC(=O)CCCCCCCCCC(C)C)OC(=O)CCCCCCCCCCCCCCCC(C)C)OC(=O)CCCCCCCCC(C)C. The zero-order valence-corrected chi connectivity index (χ0v) is 62.7. The maximum Gasteiger partial charge on any atom is 0.472 e. The molecule has 0 bridgehead atoms. The first-order chi connectivity index (χ1) is 44.6. The van der Waals surface area contributed by atoms with E-state index < -0.39 is 97.5 Å². The summed E-state index contributed by atoms with van der Waals surface area (Å²) >= 11 is 0. The molecule has 4 unspecified atom stereocenters. The average Bonchev–Trinajstić information content (AvgIpc) is 2.60. The Morgan fingerprint density at radius 2 is 0.516 bits per heavy atom. The minimum atomic E-state index is -4.95. The van der Waals surface area contributed by atoms with Crippen molar-refractivity contribution in [3.8, 4) is 0 Å². The molecule has 0 radical (unpaired) electrons. The number of hydrogen-bond donors (Lipinski definition) is 3. The van der Waals surface area contributed by atoms with Crippen LogP contribution in [0.1, 0.15) is 370 Å². The number of esters is 4. The van der Waals surface area contributed by atoms with Gasteiger partial charge in [0.15, 0.2) is 12.2 Å². The topological polar surface area (TPSA) is 237 Å². The van der Waals surface area contributed by atoms with Crippen LogP contribution in [-0.4, -0.2) is 96.7 Å². The lowest BCUT2D eigenvalue weighted by Gasteiger charge is -2.21. The maximum atomic E-state index is 13.0. The van der Waals surface area contributed by atoms with E-state index >= 15 is 0 Å². The van der Waals surface area contributed by atoms with Crippen molar-refractivity contribution >= 4 is 39.5 Å². The molecule has 0 spiro atoms. The predicted octanol–water partition coefficient (Wildman–Crippen LogP) is 21.3. The Kier molecular flexibility index (Phi) is 62.2. The second kappa shape index (κ2) is 63.5. The van der Waals surface area contributed by atoms with Gasteiger partial charge in [-0.1, -0.05) is 319 Å². The van der Waals surface area contributed by atoms with Gasteiger partial charge in [0.05, 0.1) is 26.4 Å². The zero-order chi connectivity index (χ0) is 68.9. The van der Waals surface area contributed by atoms with Crippen molar-refractivity contribution in [2.24, 2.45) is 23.7 Å². The van der Waals surface area contributed by atoms with Gasteiger partial charge in [-0.25, -0.2) is 9.13 Å². The number of ether oxygens (including phenoxy) is 4. The van der Waals surface area contributed by atoms with Crippen LogP contribution >= 0.6 is 15.6 Å². The molecule has 0 saturated heterocycles. The lowest BCUT2D eigenvalue weighted by molar-refractivity contribution is -0.161. The molecule has 0 aromatic carbocycles. The molecular formula is C74H144O17P2. The van der Waals surface area contributed by atoms with E-state index in [1.807, 2.05) is 0 Å². The fourth-order valence-corrected chi connectivity index (χ4v) is 12.7. The highest BCUT2D eigenvalue weighted by molar-refractivity contribution is 7.47. The van der Waals surface area contributed by atoms with Gasteiger partial charge < -0.3 is 33.8 Å². The molecule has 0 aliphatic carbocycles. The largest absolute Gasteiger partial charge is 0.472 e. The van der Waals surface area contributed by atoms with E-state index in [2.05, 4.69) is 55.4 Å². The molecule has 0 rings (SSSR count). The Balaban J connectivity index is 5.17. The summed E-state index contributed by atoms with van der Waals surface area (Å²) in [5, 5.41) is 10.6. The van der Waals surface area contributed by atoms with Crippen LogP contribution in [-0.2, 0) is 65.4 Å². The summed E-state index contributed by atoms with van der Waals surface area (Å²) in [6.07, 6.45) is 47.4. The van der Waals surface area contributed by atoms with Gasteiger partial charge in [0, 0.05) is 25.7 Å². The van der Waals surface area contributed by atoms with Crippen molar-refractivity contribution in [2.45, 2.75) is 388 Å². The third kappa shape index (κ3) is 67.0. The van der Waals surface area contributed by atoms with Gasteiger partial charge in [0.2, 0.25) is 0 Å². The number of phosphoric ester groups is 2. The van der Waals surface area contributed by atoms with E-state index in [1.54, 1.807) is 0 Å². The minimum Gasteiger partial charge on any atom is -0.462 e. The number of unbranched alkanes of at least 4 members (excludes halogenated alkanes) is 36. The quantitative estimate of drug-likeness (QED) is 0.0222. The lowest BCUT2D eigenvalue weighted by atomic mass is 9.99. The van der Waals surface area contributed by atoms with Crippen molar-refractivity contribution in [1.29, 1.82) is 0 Å². The summed E-state index contributed by atoms with van der Waals surface area (Å²) in [6.45, 7) is 14.1. The van der Waals surface area contributed by atoms with Gasteiger partial charge in [-0.2, -0.15) is 0 Å².